The number of aromatic nitrogens is 1. The highest BCUT2D eigenvalue weighted by molar-refractivity contribution is 5.70. The quantitative estimate of drug-likeness (QED) is 0.401. The van der Waals surface area contributed by atoms with Gasteiger partial charge in [0, 0.05) is 55.6 Å². The Morgan fingerprint density at radius 2 is 1.56 bits per heavy atom. The van der Waals surface area contributed by atoms with Gasteiger partial charge in [0.05, 0.1) is 11.4 Å². The molecule has 1 aliphatic heterocycles. The van der Waals surface area contributed by atoms with E-state index in [0.717, 1.165) is 60.4 Å². The van der Waals surface area contributed by atoms with Gasteiger partial charge in [-0.1, -0.05) is 36.4 Å². The Bertz CT molecular complexity index is 1310. The fourth-order valence-electron chi connectivity index (χ4n) is 4.84. The minimum atomic E-state index is -0.644. The second-order valence-corrected chi connectivity index (χ2v) is 8.61. The zero-order valence-corrected chi connectivity index (χ0v) is 19.0. The van der Waals surface area contributed by atoms with E-state index in [0.29, 0.717) is 12.0 Å². The SMILES string of the molecule is Cc1cc(Cc2c(F)cccc2N2CCNCC2)c(-c2ccccc2)n1-c1ccc(F)cc1F. The van der Waals surface area contributed by atoms with Gasteiger partial charge >= 0.3 is 0 Å². The summed E-state index contributed by atoms with van der Waals surface area (Å²) in [6, 6.07) is 20.4. The van der Waals surface area contributed by atoms with Gasteiger partial charge in [-0.2, -0.15) is 0 Å². The number of halogens is 3. The highest BCUT2D eigenvalue weighted by Crippen LogP contribution is 2.35. The van der Waals surface area contributed by atoms with Crippen molar-refractivity contribution in [3.63, 3.8) is 0 Å². The number of hydrogen-bond donors (Lipinski definition) is 1. The monoisotopic (exact) mass is 461 g/mol. The molecule has 0 saturated carbocycles. The lowest BCUT2D eigenvalue weighted by Gasteiger charge is -2.31. The van der Waals surface area contributed by atoms with Crippen LogP contribution in [0.3, 0.4) is 0 Å². The summed E-state index contributed by atoms with van der Waals surface area (Å²) < 4.78 is 45.5. The van der Waals surface area contributed by atoms with Crippen molar-refractivity contribution < 1.29 is 13.2 Å². The lowest BCUT2D eigenvalue weighted by molar-refractivity contribution is 0.577. The second kappa shape index (κ2) is 9.39. The molecule has 1 aliphatic rings. The van der Waals surface area contributed by atoms with Crippen LogP contribution in [0.4, 0.5) is 18.9 Å². The molecule has 0 unspecified atom stereocenters. The number of anilines is 1. The van der Waals surface area contributed by atoms with Gasteiger partial charge in [0.2, 0.25) is 0 Å². The van der Waals surface area contributed by atoms with Gasteiger partial charge in [-0.3, -0.25) is 0 Å². The standard InChI is InChI=1S/C28H26F3N3/c1-19-16-21(17-23-24(30)8-5-9-26(23)33-14-12-32-13-15-33)28(20-6-3-2-4-7-20)34(19)27-11-10-22(29)18-25(27)31/h2-11,16,18,32H,12-15,17H2,1H3. The molecular weight excluding hydrogens is 435 g/mol. The van der Waals surface area contributed by atoms with E-state index in [1.165, 1.54) is 18.2 Å². The average Bonchev–Trinajstić information content (AvgIpc) is 3.17. The van der Waals surface area contributed by atoms with Crippen molar-refractivity contribution in [3.05, 3.63) is 107 Å². The number of benzene rings is 3. The first-order valence-electron chi connectivity index (χ1n) is 11.5. The molecule has 4 aromatic rings. The molecule has 0 aliphatic carbocycles. The summed E-state index contributed by atoms with van der Waals surface area (Å²) in [6.45, 7) is 5.21. The Balaban J connectivity index is 1.67. The molecule has 174 valence electrons. The Morgan fingerprint density at radius 1 is 0.794 bits per heavy atom. The van der Waals surface area contributed by atoms with Crippen molar-refractivity contribution in [1.82, 2.24) is 9.88 Å². The molecule has 0 atom stereocenters. The van der Waals surface area contributed by atoms with Gasteiger partial charge in [0.1, 0.15) is 17.5 Å². The minimum absolute atomic E-state index is 0.256. The minimum Gasteiger partial charge on any atom is -0.369 e. The fraction of sp³-hybridized carbons (Fsp3) is 0.214. The Labute approximate surface area is 197 Å². The number of nitrogens with zero attached hydrogens (tertiary/aromatic N) is 2. The van der Waals surface area contributed by atoms with Crippen LogP contribution in [0.2, 0.25) is 0 Å². The third-order valence-electron chi connectivity index (χ3n) is 6.38. The Hall–Kier alpha value is -3.51. The molecule has 0 amide bonds. The first-order valence-corrected chi connectivity index (χ1v) is 11.5. The van der Waals surface area contributed by atoms with Gasteiger partial charge in [0.25, 0.3) is 0 Å². The van der Waals surface area contributed by atoms with Crippen LogP contribution in [0.25, 0.3) is 16.9 Å². The van der Waals surface area contributed by atoms with Gasteiger partial charge in [0.15, 0.2) is 0 Å². The maximum Gasteiger partial charge on any atom is 0.150 e. The summed E-state index contributed by atoms with van der Waals surface area (Å²) in [5.41, 5.74) is 5.11. The maximum absolute atomic E-state index is 15.2. The van der Waals surface area contributed by atoms with E-state index in [1.54, 1.807) is 10.6 Å². The van der Waals surface area contributed by atoms with Crippen molar-refractivity contribution in [2.45, 2.75) is 13.3 Å². The van der Waals surface area contributed by atoms with Crippen molar-refractivity contribution in [1.29, 1.82) is 0 Å². The van der Waals surface area contributed by atoms with E-state index in [-0.39, 0.29) is 11.5 Å². The molecule has 3 aromatic carbocycles. The van der Waals surface area contributed by atoms with Crippen molar-refractivity contribution in [2.75, 3.05) is 31.1 Å². The molecule has 1 aromatic heterocycles. The first kappa shape index (κ1) is 22.3. The van der Waals surface area contributed by atoms with Crippen molar-refractivity contribution in [3.8, 4) is 16.9 Å². The highest BCUT2D eigenvalue weighted by Gasteiger charge is 2.22. The lowest BCUT2D eigenvalue weighted by atomic mass is 9.98. The molecule has 1 N–H and O–H groups in total. The van der Waals surface area contributed by atoms with Crippen LogP contribution in [-0.2, 0) is 6.42 Å². The molecule has 0 bridgehead atoms. The number of aryl methyl sites for hydroxylation is 1. The molecule has 2 heterocycles. The third-order valence-corrected chi connectivity index (χ3v) is 6.38. The number of rotatable bonds is 5. The van der Waals surface area contributed by atoms with E-state index in [2.05, 4.69) is 10.2 Å². The summed E-state index contributed by atoms with van der Waals surface area (Å²) in [6.07, 6.45) is 0.354. The molecule has 0 spiro atoms. The lowest BCUT2D eigenvalue weighted by Crippen LogP contribution is -2.44. The van der Waals surface area contributed by atoms with Crippen LogP contribution in [0.15, 0.2) is 72.8 Å². The van der Waals surface area contributed by atoms with E-state index >= 15 is 4.39 Å². The molecule has 0 radical (unpaired) electrons. The summed E-state index contributed by atoms with van der Waals surface area (Å²) in [5, 5.41) is 3.34. The van der Waals surface area contributed by atoms with Gasteiger partial charge in [-0.05, 0) is 48.4 Å². The predicted molar refractivity (Wildman–Crippen MR) is 130 cm³/mol. The van der Waals surface area contributed by atoms with Gasteiger partial charge in [-0.15, -0.1) is 0 Å². The summed E-state index contributed by atoms with van der Waals surface area (Å²) in [4.78, 5) is 2.21. The van der Waals surface area contributed by atoms with E-state index in [4.69, 9.17) is 0 Å². The third kappa shape index (κ3) is 4.21. The van der Waals surface area contributed by atoms with E-state index in [9.17, 15) is 8.78 Å². The number of nitrogens with one attached hydrogen (secondary N) is 1. The molecule has 1 saturated heterocycles. The molecule has 5 rings (SSSR count). The zero-order chi connectivity index (χ0) is 23.7. The zero-order valence-electron chi connectivity index (χ0n) is 19.0. The first-order chi connectivity index (χ1) is 16.5. The smallest absolute Gasteiger partial charge is 0.150 e. The molecule has 3 nitrogen and oxygen atoms in total. The Morgan fingerprint density at radius 3 is 2.29 bits per heavy atom. The van der Waals surface area contributed by atoms with Gasteiger partial charge in [-0.25, -0.2) is 13.2 Å². The molecule has 6 heteroatoms. The van der Waals surface area contributed by atoms with E-state index < -0.39 is 11.6 Å². The predicted octanol–water partition coefficient (Wildman–Crippen LogP) is 5.87. The maximum atomic E-state index is 15.2. The van der Waals surface area contributed by atoms with Crippen LogP contribution < -0.4 is 10.2 Å². The van der Waals surface area contributed by atoms with Crippen molar-refractivity contribution in [2.24, 2.45) is 0 Å². The summed E-state index contributed by atoms with van der Waals surface area (Å²) >= 11 is 0. The second-order valence-electron chi connectivity index (χ2n) is 8.61. The molecule has 34 heavy (non-hydrogen) atoms. The normalized spacial score (nSPS) is 13.9. The average molecular weight is 462 g/mol. The van der Waals surface area contributed by atoms with Crippen LogP contribution in [0.5, 0.6) is 0 Å². The number of hydrogen-bond acceptors (Lipinski definition) is 2. The van der Waals surface area contributed by atoms with Gasteiger partial charge < -0.3 is 14.8 Å². The topological polar surface area (TPSA) is 20.2 Å². The molecular formula is C28H26F3N3. The highest BCUT2D eigenvalue weighted by atomic mass is 19.1. The summed E-state index contributed by atoms with van der Waals surface area (Å²) in [5.74, 6) is -1.53. The van der Waals surface area contributed by atoms with Crippen LogP contribution >= 0.6 is 0 Å². The molecule has 1 fully saturated rings. The Kier molecular flexibility index (Phi) is 6.16. The van der Waals surface area contributed by atoms with Crippen molar-refractivity contribution >= 4 is 5.69 Å². The van der Waals surface area contributed by atoms with Crippen LogP contribution in [0, 0.1) is 24.4 Å². The largest absolute Gasteiger partial charge is 0.369 e. The fourth-order valence-corrected chi connectivity index (χ4v) is 4.84. The van der Waals surface area contributed by atoms with Crippen LogP contribution in [0.1, 0.15) is 16.8 Å². The summed E-state index contributed by atoms with van der Waals surface area (Å²) in [7, 11) is 0. The van der Waals surface area contributed by atoms with Crippen LogP contribution in [-0.4, -0.2) is 30.7 Å². The number of piperazine rings is 1. The van der Waals surface area contributed by atoms with E-state index in [1.807, 2.05) is 49.4 Å².